The van der Waals surface area contributed by atoms with E-state index in [-0.39, 0.29) is 11.7 Å². The first-order valence-corrected chi connectivity index (χ1v) is 10.7. The maximum absolute atomic E-state index is 14.5. The molecule has 1 aromatic carbocycles. The monoisotopic (exact) mass is 431 g/mol. The molecule has 2 aliphatic rings. The van der Waals surface area contributed by atoms with Crippen molar-refractivity contribution in [3.63, 3.8) is 0 Å². The van der Waals surface area contributed by atoms with Crippen LogP contribution in [0.4, 0.5) is 14.5 Å². The fourth-order valence-electron chi connectivity index (χ4n) is 4.46. The Kier molecular flexibility index (Phi) is 5.01. The summed E-state index contributed by atoms with van der Waals surface area (Å²) in [6.45, 7) is 1.42. The first-order chi connectivity index (χ1) is 14.5. The molecular formula is C22H23ClF2N4O. The number of nitrogens with zero attached hydrogens (tertiary/aromatic N) is 4. The number of anilines is 1. The summed E-state index contributed by atoms with van der Waals surface area (Å²) >= 11 is 6.70. The smallest absolute Gasteiger partial charge is 0.181 e. The number of aromatic nitrogens is 3. The van der Waals surface area contributed by atoms with Crippen LogP contribution in [0.25, 0.3) is 5.65 Å². The normalized spacial score (nSPS) is 17.7. The lowest BCUT2D eigenvalue weighted by molar-refractivity contribution is 0.383. The molecule has 0 radical (unpaired) electrons. The fraction of sp³-hybridized carbons (Fsp3) is 0.455. The summed E-state index contributed by atoms with van der Waals surface area (Å²) in [4.78, 5) is 2.20. The number of piperidine rings is 1. The van der Waals surface area contributed by atoms with E-state index in [2.05, 4.69) is 15.1 Å². The van der Waals surface area contributed by atoms with Gasteiger partial charge in [0.2, 0.25) is 0 Å². The number of fused-ring (bicyclic) bond motifs is 1. The largest absolute Gasteiger partial charge is 0.496 e. The SMILES string of the molecule is [11CH3]Oc1cc(F)cc(F)c1C1CCN(c2ccn3c(CC4CC4)nnc3c2Cl)CC1. The molecular weight excluding hydrogens is 409 g/mol. The van der Waals surface area contributed by atoms with E-state index >= 15 is 0 Å². The summed E-state index contributed by atoms with van der Waals surface area (Å²) in [6.07, 6.45) is 6.89. The quantitative estimate of drug-likeness (QED) is 0.569. The fourth-order valence-corrected chi connectivity index (χ4v) is 4.77. The number of rotatable bonds is 5. The van der Waals surface area contributed by atoms with E-state index in [1.54, 1.807) is 0 Å². The molecule has 3 aromatic rings. The van der Waals surface area contributed by atoms with Gasteiger partial charge in [-0.15, -0.1) is 10.2 Å². The number of hydrogen-bond acceptors (Lipinski definition) is 4. The van der Waals surface area contributed by atoms with Gasteiger partial charge in [0, 0.05) is 43.4 Å². The molecule has 0 unspecified atom stereocenters. The number of methoxy groups -OCH3 is 1. The molecule has 5 rings (SSSR count). The Morgan fingerprint density at radius 1 is 1.13 bits per heavy atom. The number of ether oxygens (including phenoxy) is 1. The van der Waals surface area contributed by atoms with Gasteiger partial charge >= 0.3 is 0 Å². The first kappa shape index (κ1) is 19.5. The van der Waals surface area contributed by atoms with Crippen molar-refractivity contribution in [3.8, 4) is 5.75 Å². The molecule has 5 nitrogen and oxygen atoms in total. The van der Waals surface area contributed by atoms with Gasteiger partial charge in [0.05, 0.1) is 12.8 Å². The maximum atomic E-state index is 14.5. The summed E-state index contributed by atoms with van der Waals surface area (Å²) in [6, 6.07) is 4.19. The van der Waals surface area contributed by atoms with E-state index in [0.717, 1.165) is 42.8 Å². The lowest BCUT2D eigenvalue weighted by Gasteiger charge is -2.34. The second kappa shape index (κ2) is 7.69. The van der Waals surface area contributed by atoms with Crippen molar-refractivity contribution in [2.24, 2.45) is 5.92 Å². The van der Waals surface area contributed by atoms with Gasteiger partial charge in [0.25, 0.3) is 0 Å². The zero-order valence-corrected chi connectivity index (χ0v) is 17.5. The van der Waals surface area contributed by atoms with E-state index in [9.17, 15) is 8.78 Å². The van der Waals surface area contributed by atoms with Crippen LogP contribution >= 0.6 is 11.6 Å². The molecule has 8 heteroatoms. The molecule has 30 heavy (non-hydrogen) atoms. The van der Waals surface area contributed by atoms with Crippen molar-refractivity contribution in [2.75, 3.05) is 25.1 Å². The van der Waals surface area contributed by atoms with Gasteiger partial charge in [-0.3, -0.25) is 4.40 Å². The molecule has 1 saturated carbocycles. The minimum atomic E-state index is -0.625. The van der Waals surface area contributed by atoms with Gasteiger partial charge in [0.1, 0.15) is 28.2 Å². The summed E-state index contributed by atoms with van der Waals surface area (Å²) in [5, 5.41) is 9.24. The molecule has 0 atom stereocenters. The molecule has 0 bridgehead atoms. The van der Waals surface area contributed by atoms with Crippen LogP contribution < -0.4 is 9.64 Å². The van der Waals surface area contributed by atoms with Crippen LogP contribution in [0.1, 0.15) is 43.0 Å². The van der Waals surface area contributed by atoms with E-state index in [4.69, 9.17) is 16.3 Å². The molecule has 3 heterocycles. The Morgan fingerprint density at radius 3 is 2.60 bits per heavy atom. The number of pyridine rings is 1. The number of hydrogen-bond donors (Lipinski definition) is 0. The molecule has 0 amide bonds. The third-order valence-electron chi connectivity index (χ3n) is 6.26. The predicted molar refractivity (Wildman–Crippen MR) is 112 cm³/mol. The molecule has 1 aliphatic carbocycles. The average Bonchev–Trinajstić information content (AvgIpc) is 3.46. The summed E-state index contributed by atoms with van der Waals surface area (Å²) in [7, 11) is 1.44. The van der Waals surface area contributed by atoms with Crippen LogP contribution in [0.5, 0.6) is 5.75 Å². The molecule has 2 fully saturated rings. The maximum Gasteiger partial charge on any atom is 0.181 e. The van der Waals surface area contributed by atoms with Gasteiger partial charge < -0.3 is 9.64 Å². The van der Waals surface area contributed by atoms with Crippen molar-refractivity contribution in [1.82, 2.24) is 14.6 Å². The Bertz CT molecular complexity index is 1090. The molecule has 158 valence electrons. The Morgan fingerprint density at radius 2 is 1.90 bits per heavy atom. The Labute approximate surface area is 178 Å². The lowest BCUT2D eigenvalue weighted by Crippen LogP contribution is -2.33. The van der Waals surface area contributed by atoms with Crippen LogP contribution in [0.3, 0.4) is 0 Å². The zero-order valence-electron chi connectivity index (χ0n) is 16.7. The molecule has 1 saturated heterocycles. The minimum absolute atomic E-state index is 0.0301. The highest BCUT2D eigenvalue weighted by molar-refractivity contribution is 6.36. The van der Waals surface area contributed by atoms with Crippen molar-refractivity contribution in [1.29, 1.82) is 0 Å². The van der Waals surface area contributed by atoms with Crippen molar-refractivity contribution >= 4 is 22.9 Å². The Balaban J connectivity index is 1.36. The molecule has 2 aromatic heterocycles. The topological polar surface area (TPSA) is 42.7 Å². The summed E-state index contributed by atoms with van der Waals surface area (Å²) < 4.78 is 35.2. The lowest BCUT2D eigenvalue weighted by atomic mass is 9.88. The van der Waals surface area contributed by atoms with Crippen LogP contribution in [-0.4, -0.2) is 34.8 Å². The van der Waals surface area contributed by atoms with Crippen molar-refractivity contribution in [2.45, 2.75) is 38.0 Å². The predicted octanol–water partition coefficient (Wildman–Crippen LogP) is 5.01. The first-order valence-electron chi connectivity index (χ1n) is 10.3. The minimum Gasteiger partial charge on any atom is -0.496 e. The van der Waals surface area contributed by atoms with E-state index in [0.29, 0.717) is 29.3 Å². The number of halogens is 3. The van der Waals surface area contributed by atoms with Gasteiger partial charge in [-0.25, -0.2) is 8.78 Å². The highest BCUT2D eigenvalue weighted by Crippen LogP contribution is 2.40. The third-order valence-corrected chi connectivity index (χ3v) is 6.62. The third kappa shape index (κ3) is 3.49. The van der Waals surface area contributed by atoms with Crippen molar-refractivity contribution < 1.29 is 13.5 Å². The van der Waals surface area contributed by atoms with Gasteiger partial charge in [-0.2, -0.15) is 0 Å². The highest BCUT2D eigenvalue weighted by atomic mass is 35.5. The molecule has 0 spiro atoms. The van der Waals surface area contributed by atoms with E-state index in [1.807, 2.05) is 16.7 Å². The van der Waals surface area contributed by atoms with Gasteiger partial charge in [0.15, 0.2) is 5.65 Å². The van der Waals surface area contributed by atoms with Crippen LogP contribution in [0, 0.1) is 17.6 Å². The van der Waals surface area contributed by atoms with Crippen LogP contribution in [0.2, 0.25) is 5.02 Å². The number of benzene rings is 1. The van der Waals surface area contributed by atoms with Gasteiger partial charge in [-0.05, 0) is 43.6 Å². The van der Waals surface area contributed by atoms with E-state index in [1.165, 1.54) is 26.0 Å². The summed E-state index contributed by atoms with van der Waals surface area (Å²) in [5.74, 6) is 0.753. The second-order valence-electron chi connectivity index (χ2n) is 8.24. The molecule has 1 aliphatic heterocycles. The molecule has 0 N–H and O–H groups in total. The average molecular weight is 432 g/mol. The second-order valence-corrected chi connectivity index (χ2v) is 8.62. The van der Waals surface area contributed by atoms with Gasteiger partial charge in [-0.1, -0.05) is 11.6 Å². The Hall–Kier alpha value is -2.41. The summed E-state index contributed by atoms with van der Waals surface area (Å²) in [5.41, 5.74) is 2.06. The van der Waals surface area contributed by atoms with Crippen LogP contribution in [-0.2, 0) is 6.42 Å². The zero-order chi connectivity index (χ0) is 20.8. The van der Waals surface area contributed by atoms with Crippen LogP contribution in [0.15, 0.2) is 24.4 Å². The van der Waals surface area contributed by atoms with E-state index < -0.39 is 11.6 Å². The standard InChI is InChI=1S/C22H23ClF2N4O/c1-30-18-12-15(24)11-16(25)20(18)14-4-7-28(8-5-14)17-6-9-29-19(10-13-2-3-13)26-27-22(29)21(17)23/h6,9,11-14H,2-5,7-8,10H2,1H3/i1-1. The van der Waals surface area contributed by atoms with Crippen molar-refractivity contribution in [3.05, 3.63) is 52.4 Å². The highest BCUT2D eigenvalue weighted by Gasteiger charge is 2.29.